The zero-order valence-electron chi connectivity index (χ0n) is 19.9. The molecule has 0 fully saturated rings. The summed E-state index contributed by atoms with van der Waals surface area (Å²) in [7, 11) is 1.65. The average Bonchev–Trinajstić information content (AvgIpc) is 2.84. The molecule has 1 heterocycles. The number of rotatable bonds is 6. The summed E-state index contributed by atoms with van der Waals surface area (Å²) in [6.07, 6.45) is 0. The van der Waals surface area contributed by atoms with Crippen molar-refractivity contribution in [1.29, 1.82) is 0 Å². The summed E-state index contributed by atoms with van der Waals surface area (Å²) in [4.78, 5) is 18.1. The smallest absolute Gasteiger partial charge is 0.253 e. The van der Waals surface area contributed by atoms with Crippen molar-refractivity contribution >= 4 is 33.9 Å². The minimum atomic E-state index is -0.0981. The molecule has 0 bridgehead atoms. The Kier molecular flexibility index (Phi) is 6.98. The minimum absolute atomic E-state index is 0.0981. The maximum absolute atomic E-state index is 13.0. The minimum Gasteiger partial charge on any atom is -0.497 e. The maximum atomic E-state index is 13.0. The molecule has 0 atom stereocenters. The van der Waals surface area contributed by atoms with Gasteiger partial charge in [0, 0.05) is 17.8 Å². The molecule has 6 heteroatoms. The number of aromatic amines is 1. The summed E-state index contributed by atoms with van der Waals surface area (Å²) in [5.74, 6) is 0.798. The number of anilines is 1. The first-order valence-corrected chi connectivity index (χ1v) is 11.6. The second kappa shape index (κ2) is 10.1. The maximum Gasteiger partial charge on any atom is 0.253 e. The largest absolute Gasteiger partial charge is 0.497 e. The topological polar surface area (TPSA) is 57.4 Å². The van der Waals surface area contributed by atoms with Crippen LogP contribution in [0.3, 0.4) is 0 Å². The van der Waals surface area contributed by atoms with Gasteiger partial charge in [0.05, 0.1) is 19.2 Å². The van der Waals surface area contributed by atoms with Crippen LogP contribution < -0.4 is 15.6 Å². The van der Waals surface area contributed by atoms with E-state index in [0.717, 1.165) is 39.0 Å². The van der Waals surface area contributed by atoms with Gasteiger partial charge in [0.1, 0.15) is 5.75 Å². The summed E-state index contributed by atoms with van der Waals surface area (Å²) in [6, 6.07) is 22.1. The molecular formula is C28H29N3O2S. The van der Waals surface area contributed by atoms with Gasteiger partial charge in [0.2, 0.25) is 0 Å². The van der Waals surface area contributed by atoms with E-state index in [9.17, 15) is 4.79 Å². The molecule has 0 aliphatic rings. The number of pyridine rings is 1. The molecule has 34 heavy (non-hydrogen) atoms. The Morgan fingerprint density at radius 1 is 0.971 bits per heavy atom. The van der Waals surface area contributed by atoms with Gasteiger partial charge in [0.15, 0.2) is 5.11 Å². The monoisotopic (exact) mass is 471 g/mol. The lowest BCUT2D eigenvalue weighted by Crippen LogP contribution is -2.35. The number of H-pyrrole nitrogens is 1. The summed E-state index contributed by atoms with van der Waals surface area (Å²) in [5.41, 5.74) is 6.85. The molecule has 1 aromatic heterocycles. The zero-order chi connectivity index (χ0) is 24.2. The molecule has 4 aromatic rings. The molecule has 0 amide bonds. The number of methoxy groups -OCH3 is 1. The fraction of sp³-hybridized carbons (Fsp3) is 0.214. The molecule has 4 rings (SSSR count). The molecule has 0 aliphatic heterocycles. The van der Waals surface area contributed by atoms with Crippen LogP contribution in [-0.2, 0) is 13.1 Å². The van der Waals surface area contributed by atoms with E-state index in [-0.39, 0.29) is 5.56 Å². The molecule has 0 aliphatic carbocycles. The second-order valence-electron chi connectivity index (χ2n) is 8.60. The molecular weight excluding hydrogens is 442 g/mol. The number of hydrogen-bond donors (Lipinski definition) is 2. The van der Waals surface area contributed by atoms with Crippen LogP contribution in [0.4, 0.5) is 5.69 Å². The lowest BCUT2D eigenvalue weighted by atomic mass is 10.0. The van der Waals surface area contributed by atoms with Crippen LogP contribution in [0.1, 0.15) is 27.8 Å². The molecule has 2 N–H and O–H groups in total. The van der Waals surface area contributed by atoms with Crippen LogP contribution in [0.15, 0.2) is 71.5 Å². The first-order chi connectivity index (χ1) is 16.3. The first-order valence-electron chi connectivity index (χ1n) is 11.2. The Labute approximate surface area is 205 Å². The van der Waals surface area contributed by atoms with E-state index in [2.05, 4.69) is 16.4 Å². The summed E-state index contributed by atoms with van der Waals surface area (Å²) in [6.45, 7) is 7.05. The lowest BCUT2D eigenvalue weighted by Gasteiger charge is -2.26. The molecule has 0 radical (unpaired) electrons. The first kappa shape index (κ1) is 23.5. The highest BCUT2D eigenvalue weighted by molar-refractivity contribution is 7.80. The number of thiocarbonyl (C=S) groups is 1. The Morgan fingerprint density at radius 3 is 2.35 bits per heavy atom. The van der Waals surface area contributed by atoms with E-state index in [1.54, 1.807) is 7.11 Å². The molecule has 0 saturated heterocycles. The van der Waals surface area contributed by atoms with Crippen molar-refractivity contribution in [2.24, 2.45) is 0 Å². The van der Waals surface area contributed by atoms with Crippen LogP contribution in [0, 0.1) is 20.8 Å². The number of aromatic nitrogens is 1. The van der Waals surface area contributed by atoms with Gasteiger partial charge < -0.3 is 19.9 Å². The van der Waals surface area contributed by atoms with E-state index >= 15 is 0 Å². The average molecular weight is 472 g/mol. The number of ether oxygens (including phenoxy) is 1. The van der Waals surface area contributed by atoms with Gasteiger partial charge in [-0.15, -0.1) is 0 Å². The number of nitrogens with zero attached hydrogens (tertiary/aromatic N) is 1. The van der Waals surface area contributed by atoms with E-state index < -0.39 is 0 Å². The number of aryl methyl sites for hydroxylation is 3. The van der Waals surface area contributed by atoms with Gasteiger partial charge in [-0.25, -0.2) is 0 Å². The lowest BCUT2D eigenvalue weighted by molar-refractivity contribution is 0.406. The highest BCUT2D eigenvalue weighted by Gasteiger charge is 2.15. The number of benzene rings is 3. The van der Waals surface area contributed by atoms with Crippen molar-refractivity contribution in [1.82, 2.24) is 9.88 Å². The number of hydrogen-bond acceptors (Lipinski definition) is 3. The third-order valence-corrected chi connectivity index (χ3v) is 6.47. The van der Waals surface area contributed by atoms with Gasteiger partial charge in [-0.3, -0.25) is 4.79 Å². The number of nitrogens with one attached hydrogen (secondary N) is 2. The van der Waals surface area contributed by atoms with Crippen molar-refractivity contribution in [3.63, 3.8) is 0 Å². The van der Waals surface area contributed by atoms with E-state index in [1.165, 1.54) is 5.56 Å². The Morgan fingerprint density at radius 2 is 1.68 bits per heavy atom. The third kappa shape index (κ3) is 5.29. The zero-order valence-corrected chi connectivity index (χ0v) is 20.8. The molecule has 0 spiro atoms. The Bertz CT molecular complexity index is 1380. The normalized spacial score (nSPS) is 10.8. The standard InChI is InChI=1S/C28H29N3O2S/c1-18-5-11-24(12-6-18)29-28(34)31(16-21-8-13-25(33-4)14-9-21)17-23-15-22-10-7-19(2)20(3)26(22)30-27(23)32/h5-15H,16-17H2,1-4H3,(H,29,34)(H,30,32). The van der Waals surface area contributed by atoms with Crippen LogP contribution in [0.5, 0.6) is 5.75 Å². The number of fused-ring (bicyclic) bond motifs is 1. The quantitative estimate of drug-likeness (QED) is 0.345. The molecule has 0 unspecified atom stereocenters. The molecule has 3 aromatic carbocycles. The van der Waals surface area contributed by atoms with Crippen LogP contribution in [-0.4, -0.2) is 22.1 Å². The van der Waals surface area contributed by atoms with E-state index in [0.29, 0.717) is 23.8 Å². The van der Waals surface area contributed by atoms with Crippen molar-refractivity contribution in [3.05, 3.63) is 105 Å². The van der Waals surface area contributed by atoms with Crippen LogP contribution >= 0.6 is 12.2 Å². The van der Waals surface area contributed by atoms with Crippen molar-refractivity contribution in [2.75, 3.05) is 12.4 Å². The molecule has 174 valence electrons. The van der Waals surface area contributed by atoms with Gasteiger partial charge >= 0.3 is 0 Å². The Hall–Kier alpha value is -3.64. The SMILES string of the molecule is COc1ccc(CN(Cc2cc3ccc(C)c(C)c3[nH]c2=O)C(=S)Nc2ccc(C)cc2)cc1. The summed E-state index contributed by atoms with van der Waals surface area (Å²) < 4.78 is 5.28. The van der Waals surface area contributed by atoms with Crippen molar-refractivity contribution in [3.8, 4) is 5.75 Å². The van der Waals surface area contributed by atoms with E-state index in [1.807, 2.05) is 86.3 Å². The summed E-state index contributed by atoms with van der Waals surface area (Å²) >= 11 is 5.79. The Balaban J connectivity index is 1.65. The fourth-order valence-corrected chi connectivity index (χ4v) is 4.13. The van der Waals surface area contributed by atoms with Gasteiger partial charge in [-0.05, 0) is 85.4 Å². The van der Waals surface area contributed by atoms with Gasteiger partial charge in [0.25, 0.3) is 5.56 Å². The summed E-state index contributed by atoms with van der Waals surface area (Å²) in [5, 5.41) is 4.89. The van der Waals surface area contributed by atoms with Crippen LogP contribution in [0.2, 0.25) is 0 Å². The second-order valence-corrected chi connectivity index (χ2v) is 8.98. The highest BCUT2D eigenvalue weighted by Crippen LogP contribution is 2.21. The van der Waals surface area contributed by atoms with Gasteiger partial charge in [-0.1, -0.05) is 42.0 Å². The highest BCUT2D eigenvalue weighted by atomic mass is 32.1. The van der Waals surface area contributed by atoms with Crippen molar-refractivity contribution < 1.29 is 4.74 Å². The van der Waals surface area contributed by atoms with Gasteiger partial charge in [-0.2, -0.15) is 0 Å². The van der Waals surface area contributed by atoms with Crippen LogP contribution in [0.25, 0.3) is 10.9 Å². The predicted molar refractivity (Wildman–Crippen MR) is 144 cm³/mol. The molecule has 5 nitrogen and oxygen atoms in total. The molecule has 0 saturated carbocycles. The van der Waals surface area contributed by atoms with E-state index in [4.69, 9.17) is 17.0 Å². The predicted octanol–water partition coefficient (Wildman–Crippen LogP) is 5.86. The van der Waals surface area contributed by atoms with Crippen molar-refractivity contribution in [2.45, 2.75) is 33.9 Å². The fourth-order valence-electron chi connectivity index (χ4n) is 3.88. The third-order valence-electron chi connectivity index (χ3n) is 6.11.